The van der Waals surface area contributed by atoms with Gasteiger partial charge >= 0.3 is 0 Å². The van der Waals surface area contributed by atoms with Gasteiger partial charge in [0, 0.05) is 54.6 Å². The quantitative estimate of drug-likeness (QED) is 0.685. The summed E-state index contributed by atoms with van der Waals surface area (Å²) in [5, 5.41) is 0. The third kappa shape index (κ3) is 5.61. The first-order valence-electron chi connectivity index (χ1n) is 10.3. The van der Waals surface area contributed by atoms with E-state index < -0.39 is 20.8 Å². The Hall–Kier alpha value is -2.03. The number of rotatable bonds is 5. The van der Waals surface area contributed by atoms with Crippen molar-refractivity contribution in [3.05, 3.63) is 65.2 Å². The summed E-state index contributed by atoms with van der Waals surface area (Å²) >= 11 is 0. The van der Waals surface area contributed by atoms with E-state index in [2.05, 4.69) is 20.8 Å². The van der Waals surface area contributed by atoms with Crippen molar-refractivity contribution in [3.63, 3.8) is 0 Å². The summed E-state index contributed by atoms with van der Waals surface area (Å²) < 4.78 is 39.0. The largest absolute Gasteiger partial charge is 0.336 e. The van der Waals surface area contributed by atoms with E-state index in [1.54, 1.807) is 41.5 Å². The number of carbonyl (C=O) groups excluding carboxylic acids is 1. The molecule has 31 heavy (non-hydrogen) atoms. The van der Waals surface area contributed by atoms with Crippen LogP contribution in [0.4, 0.5) is 0 Å². The number of amides is 1. The van der Waals surface area contributed by atoms with Crippen molar-refractivity contribution in [1.82, 2.24) is 9.21 Å². The number of benzene rings is 2. The van der Waals surface area contributed by atoms with Crippen LogP contribution in [0.15, 0.2) is 53.4 Å². The van der Waals surface area contributed by atoms with E-state index in [0.29, 0.717) is 24.4 Å². The minimum Gasteiger partial charge on any atom is -0.336 e. The Morgan fingerprint density at radius 1 is 1.00 bits per heavy atom. The van der Waals surface area contributed by atoms with Crippen molar-refractivity contribution < 1.29 is 17.4 Å². The maximum atomic E-state index is 13.0. The average molecular weight is 463 g/mol. The van der Waals surface area contributed by atoms with Crippen LogP contribution in [-0.2, 0) is 32.0 Å². The van der Waals surface area contributed by atoms with Crippen LogP contribution in [0.5, 0.6) is 0 Å². The number of hydrogen-bond donors (Lipinski definition) is 0. The average Bonchev–Trinajstić information content (AvgIpc) is 2.72. The van der Waals surface area contributed by atoms with Gasteiger partial charge in [-0.05, 0) is 40.8 Å². The molecule has 8 heteroatoms. The normalized spacial score (nSPS) is 16.8. The fourth-order valence-corrected chi connectivity index (χ4v) is 5.69. The molecule has 1 unspecified atom stereocenters. The molecule has 0 N–H and O–H groups in total. The SMILES string of the molecule is CS(=O)Cc1cccc(C(=O)N2CCN(S(=O)(=O)c3ccc(C(C)(C)C)cc3)CC2)c1. The number of carbonyl (C=O) groups is 1. The molecule has 6 nitrogen and oxygen atoms in total. The standard InChI is InChI=1S/C23H30N2O4S2/c1-23(2,3)20-8-10-21(11-9-20)31(28,29)25-14-12-24(13-15-25)22(26)19-7-5-6-18(16-19)17-30(4)27/h5-11,16H,12-15,17H2,1-4H3. The molecule has 2 aromatic carbocycles. The molecular weight excluding hydrogens is 432 g/mol. The van der Waals surface area contributed by atoms with Gasteiger partial charge in [-0.1, -0.05) is 45.0 Å². The topological polar surface area (TPSA) is 74.8 Å². The monoisotopic (exact) mass is 462 g/mol. The number of hydrogen-bond acceptors (Lipinski definition) is 4. The van der Waals surface area contributed by atoms with Crippen molar-refractivity contribution in [3.8, 4) is 0 Å². The van der Waals surface area contributed by atoms with E-state index in [0.717, 1.165) is 11.1 Å². The summed E-state index contributed by atoms with van der Waals surface area (Å²) in [6.45, 7) is 7.45. The molecule has 1 fully saturated rings. The molecule has 0 bridgehead atoms. The van der Waals surface area contributed by atoms with Crippen LogP contribution in [-0.4, -0.2) is 60.2 Å². The zero-order chi connectivity index (χ0) is 22.8. The van der Waals surface area contributed by atoms with Gasteiger partial charge in [-0.3, -0.25) is 9.00 Å². The zero-order valence-corrected chi connectivity index (χ0v) is 20.1. The molecule has 0 radical (unpaired) electrons. The van der Waals surface area contributed by atoms with Crippen molar-refractivity contribution in [1.29, 1.82) is 0 Å². The second-order valence-corrected chi connectivity index (χ2v) is 12.3. The summed E-state index contributed by atoms with van der Waals surface area (Å²) in [5.41, 5.74) is 2.43. The highest BCUT2D eigenvalue weighted by Gasteiger charge is 2.30. The molecule has 168 valence electrons. The summed E-state index contributed by atoms with van der Waals surface area (Å²) in [4.78, 5) is 14.8. The second kappa shape index (κ2) is 9.22. The lowest BCUT2D eigenvalue weighted by Crippen LogP contribution is -2.50. The summed E-state index contributed by atoms with van der Waals surface area (Å²) in [6, 6.07) is 14.2. The molecule has 0 aromatic heterocycles. The highest BCUT2D eigenvalue weighted by molar-refractivity contribution is 7.89. The Morgan fingerprint density at radius 2 is 1.61 bits per heavy atom. The number of sulfonamides is 1. The van der Waals surface area contributed by atoms with Crippen LogP contribution in [0.3, 0.4) is 0 Å². The molecule has 1 saturated heterocycles. The lowest BCUT2D eigenvalue weighted by atomic mass is 9.87. The Balaban J connectivity index is 1.67. The molecule has 1 heterocycles. The fourth-order valence-electron chi connectivity index (χ4n) is 3.62. The van der Waals surface area contributed by atoms with Crippen LogP contribution in [0.2, 0.25) is 0 Å². The van der Waals surface area contributed by atoms with Crippen molar-refractivity contribution in [2.45, 2.75) is 36.8 Å². The summed E-state index contributed by atoms with van der Waals surface area (Å²) in [5.74, 6) is 0.275. The van der Waals surface area contributed by atoms with Crippen LogP contribution in [0, 0.1) is 0 Å². The molecule has 0 aliphatic carbocycles. The Labute approximate surface area is 187 Å². The van der Waals surface area contributed by atoms with E-state index in [9.17, 15) is 17.4 Å². The van der Waals surface area contributed by atoms with Crippen molar-refractivity contribution in [2.75, 3.05) is 32.4 Å². The molecular formula is C23H30N2O4S2. The van der Waals surface area contributed by atoms with Crippen LogP contribution in [0.25, 0.3) is 0 Å². The minimum absolute atomic E-state index is 0.0439. The predicted molar refractivity (Wildman–Crippen MR) is 124 cm³/mol. The number of nitrogens with zero attached hydrogens (tertiary/aromatic N) is 2. The fraction of sp³-hybridized carbons (Fsp3) is 0.435. The minimum atomic E-state index is -3.60. The zero-order valence-electron chi connectivity index (χ0n) is 18.5. The molecule has 1 atom stereocenters. The predicted octanol–water partition coefficient (Wildman–Crippen LogP) is 3.01. The van der Waals surface area contributed by atoms with Gasteiger partial charge in [0.05, 0.1) is 4.90 Å². The Kier molecular flexibility index (Phi) is 7.03. The van der Waals surface area contributed by atoms with Gasteiger partial charge in [0.15, 0.2) is 0 Å². The highest BCUT2D eigenvalue weighted by atomic mass is 32.2. The first-order valence-corrected chi connectivity index (χ1v) is 13.4. The van der Waals surface area contributed by atoms with Gasteiger partial charge in [0.1, 0.15) is 0 Å². The summed E-state index contributed by atoms with van der Waals surface area (Å²) in [6.07, 6.45) is 1.63. The second-order valence-electron chi connectivity index (χ2n) is 8.89. The van der Waals surface area contributed by atoms with E-state index >= 15 is 0 Å². The van der Waals surface area contributed by atoms with Gasteiger partial charge in [-0.25, -0.2) is 8.42 Å². The number of piperazine rings is 1. The van der Waals surface area contributed by atoms with Crippen molar-refractivity contribution in [2.24, 2.45) is 0 Å². The maximum absolute atomic E-state index is 13.0. The molecule has 1 amide bonds. The lowest BCUT2D eigenvalue weighted by Gasteiger charge is -2.34. The lowest BCUT2D eigenvalue weighted by molar-refractivity contribution is 0.0698. The molecule has 1 aliphatic rings. The van der Waals surface area contributed by atoms with E-state index in [-0.39, 0.29) is 29.3 Å². The molecule has 3 rings (SSSR count). The third-order valence-corrected chi connectivity index (χ3v) is 8.08. The van der Waals surface area contributed by atoms with Gasteiger partial charge in [0.25, 0.3) is 5.91 Å². The summed E-state index contributed by atoms with van der Waals surface area (Å²) in [7, 11) is -4.58. The third-order valence-electron chi connectivity index (χ3n) is 5.43. The Bertz CT molecular complexity index is 1070. The first kappa shape index (κ1) is 23.6. The van der Waals surface area contributed by atoms with Crippen LogP contribution < -0.4 is 0 Å². The van der Waals surface area contributed by atoms with Gasteiger partial charge in [-0.2, -0.15) is 4.31 Å². The first-order chi connectivity index (χ1) is 14.5. The van der Waals surface area contributed by atoms with E-state index in [1.165, 1.54) is 4.31 Å². The van der Waals surface area contributed by atoms with E-state index in [1.807, 2.05) is 18.2 Å². The van der Waals surface area contributed by atoms with Crippen LogP contribution >= 0.6 is 0 Å². The highest BCUT2D eigenvalue weighted by Crippen LogP contribution is 2.25. The van der Waals surface area contributed by atoms with E-state index in [4.69, 9.17) is 0 Å². The van der Waals surface area contributed by atoms with Gasteiger partial charge in [-0.15, -0.1) is 0 Å². The van der Waals surface area contributed by atoms with Crippen LogP contribution in [0.1, 0.15) is 42.3 Å². The van der Waals surface area contributed by atoms with Crippen molar-refractivity contribution >= 4 is 26.7 Å². The van der Waals surface area contributed by atoms with Gasteiger partial charge in [0.2, 0.25) is 10.0 Å². The molecule has 1 aliphatic heterocycles. The molecule has 2 aromatic rings. The maximum Gasteiger partial charge on any atom is 0.253 e. The molecule has 0 saturated carbocycles. The smallest absolute Gasteiger partial charge is 0.253 e. The Morgan fingerprint density at radius 3 is 2.16 bits per heavy atom. The molecule has 0 spiro atoms. The van der Waals surface area contributed by atoms with Gasteiger partial charge < -0.3 is 4.90 Å².